The van der Waals surface area contributed by atoms with Crippen LogP contribution in [0.5, 0.6) is 0 Å². The molecule has 128 valence electrons. The molecule has 0 aliphatic heterocycles. The standard InChI is InChI=1S/C17H17N5O2S/c1-22(2)13-8-6-12(7-9-13)19-15(23)11-25-17-21-20-16(24-17)14-5-3-4-10-18-14/h3-10H,11H2,1-2H3,(H,19,23). The minimum atomic E-state index is -0.139. The highest BCUT2D eigenvalue weighted by Gasteiger charge is 2.12. The molecule has 3 aromatic rings. The number of carbonyl (C=O) groups excluding carboxylic acids is 1. The molecule has 0 aliphatic rings. The number of benzene rings is 1. The van der Waals surface area contributed by atoms with Crippen molar-refractivity contribution >= 4 is 29.0 Å². The van der Waals surface area contributed by atoms with E-state index in [9.17, 15) is 4.79 Å². The number of nitrogens with zero attached hydrogens (tertiary/aromatic N) is 4. The largest absolute Gasteiger partial charge is 0.410 e. The molecule has 0 bridgehead atoms. The minimum absolute atomic E-state index is 0.139. The average molecular weight is 355 g/mol. The fraction of sp³-hybridized carbons (Fsp3) is 0.176. The van der Waals surface area contributed by atoms with E-state index in [0.29, 0.717) is 16.8 Å². The summed E-state index contributed by atoms with van der Waals surface area (Å²) < 4.78 is 5.51. The Kier molecular flexibility index (Phi) is 5.30. The first-order valence-corrected chi connectivity index (χ1v) is 8.55. The summed E-state index contributed by atoms with van der Waals surface area (Å²) in [5.74, 6) is 0.377. The van der Waals surface area contributed by atoms with Gasteiger partial charge in [0.25, 0.3) is 11.1 Å². The predicted molar refractivity (Wildman–Crippen MR) is 97.7 cm³/mol. The van der Waals surface area contributed by atoms with Gasteiger partial charge in [0.2, 0.25) is 5.91 Å². The van der Waals surface area contributed by atoms with Gasteiger partial charge >= 0.3 is 0 Å². The molecule has 0 atom stereocenters. The van der Waals surface area contributed by atoms with Crippen LogP contribution in [-0.2, 0) is 4.79 Å². The maximum Gasteiger partial charge on any atom is 0.277 e. The quantitative estimate of drug-likeness (QED) is 0.681. The number of thioether (sulfide) groups is 1. The second kappa shape index (κ2) is 7.80. The number of hydrogen-bond acceptors (Lipinski definition) is 7. The number of aromatic nitrogens is 3. The first-order chi connectivity index (χ1) is 12.1. The van der Waals surface area contributed by atoms with Crippen molar-refractivity contribution < 1.29 is 9.21 Å². The van der Waals surface area contributed by atoms with Gasteiger partial charge in [-0.3, -0.25) is 9.78 Å². The molecular formula is C17H17N5O2S. The van der Waals surface area contributed by atoms with Gasteiger partial charge in [0.1, 0.15) is 5.69 Å². The van der Waals surface area contributed by atoms with E-state index in [1.807, 2.05) is 55.4 Å². The van der Waals surface area contributed by atoms with E-state index >= 15 is 0 Å². The SMILES string of the molecule is CN(C)c1ccc(NC(=O)CSc2nnc(-c3ccccn3)o2)cc1. The fourth-order valence-corrected chi connectivity index (χ4v) is 2.59. The lowest BCUT2D eigenvalue weighted by atomic mass is 10.2. The normalized spacial score (nSPS) is 10.5. The molecule has 0 saturated carbocycles. The Morgan fingerprint density at radius 3 is 2.64 bits per heavy atom. The number of rotatable bonds is 6. The summed E-state index contributed by atoms with van der Waals surface area (Å²) in [7, 11) is 3.93. The molecule has 0 aliphatic carbocycles. The van der Waals surface area contributed by atoms with Gasteiger partial charge in [-0.15, -0.1) is 10.2 Å². The zero-order valence-electron chi connectivity index (χ0n) is 13.8. The number of hydrogen-bond donors (Lipinski definition) is 1. The summed E-state index contributed by atoms with van der Waals surface area (Å²) >= 11 is 1.18. The van der Waals surface area contributed by atoms with Crippen LogP contribution in [0.4, 0.5) is 11.4 Å². The number of nitrogens with one attached hydrogen (secondary N) is 1. The third-order valence-electron chi connectivity index (χ3n) is 3.28. The minimum Gasteiger partial charge on any atom is -0.410 e. The van der Waals surface area contributed by atoms with E-state index in [2.05, 4.69) is 20.5 Å². The predicted octanol–water partition coefficient (Wildman–Crippen LogP) is 2.93. The lowest BCUT2D eigenvalue weighted by Crippen LogP contribution is -2.14. The molecule has 2 aromatic heterocycles. The summed E-state index contributed by atoms with van der Waals surface area (Å²) in [5, 5.41) is 11.0. The van der Waals surface area contributed by atoms with Crippen molar-refractivity contribution in [3.63, 3.8) is 0 Å². The summed E-state index contributed by atoms with van der Waals surface area (Å²) in [5.41, 5.74) is 2.42. The van der Waals surface area contributed by atoms with Crippen molar-refractivity contribution in [3.8, 4) is 11.6 Å². The molecule has 7 nitrogen and oxygen atoms in total. The van der Waals surface area contributed by atoms with Gasteiger partial charge in [-0.1, -0.05) is 17.8 Å². The molecule has 1 aromatic carbocycles. The Morgan fingerprint density at radius 1 is 1.16 bits per heavy atom. The van der Waals surface area contributed by atoms with Crippen LogP contribution < -0.4 is 10.2 Å². The molecule has 2 heterocycles. The molecule has 0 radical (unpaired) electrons. The smallest absolute Gasteiger partial charge is 0.277 e. The van der Waals surface area contributed by atoms with E-state index < -0.39 is 0 Å². The van der Waals surface area contributed by atoms with Crippen LogP contribution >= 0.6 is 11.8 Å². The summed E-state index contributed by atoms with van der Waals surface area (Å²) in [4.78, 5) is 18.2. The topological polar surface area (TPSA) is 84.2 Å². The molecule has 1 N–H and O–H groups in total. The Bertz CT molecular complexity index is 834. The van der Waals surface area contributed by atoms with E-state index in [-0.39, 0.29) is 11.7 Å². The summed E-state index contributed by atoms with van der Waals surface area (Å²) in [6.07, 6.45) is 1.65. The van der Waals surface area contributed by atoms with Crippen molar-refractivity contribution in [2.75, 3.05) is 30.1 Å². The molecule has 1 amide bonds. The van der Waals surface area contributed by atoms with Gasteiger partial charge < -0.3 is 14.6 Å². The van der Waals surface area contributed by atoms with Gasteiger partial charge in [0.15, 0.2) is 0 Å². The number of pyridine rings is 1. The number of carbonyl (C=O) groups is 1. The molecule has 0 unspecified atom stereocenters. The lowest BCUT2D eigenvalue weighted by molar-refractivity contribution is -0.113. The second-order valence-corrected chi connectivity index (χ2v) is 6.29. The van der Waals surface area contributed by atoms with Crippen molar-refractivity contribution in [1.82, 2.24) is 15.2 Å². The molecule has 0 saturated heterocycles. The van der Waals surface area contributed by atoms with Crippen LogP contribution in [0.2, 0.25) is 0 Å². The van der Waals surface area contributed by atoms with E-state index in [1.165, 1.54) is 11.8 Å². The van der Waals surface area contributed by atoms with Gasteiger partial charge in [-0.25, -0.2) is 0 Å². The van der Waals surface area contributed by atoms with Crippen LogP contribution in [0.1, 0.15) is 0 Å². The van der Waals surface area contributed by atoms with Gasteiger partial charge in [-0.05, 0) is 36.4 Å². The monoisotopic (exact) mass is 355 g/mol. The van der Waals surface area contributed by atoms with Crippen LogP contribution in [0.25, 0.3) is 11.6 Å². The van der Waals surface area contributed by atoms with Crippen LogP contribution in [0, 0.1) is 0 Å². The zero-order chi connectivity index (χ0) is 17.6. The first-order valence-electron chi connectivity index (χ1n) is 7.57. The van der Waals surface area contributed by atoms with Crippen molar-refractivity contribution in [2.45, 2.75) is 5.22 Å². The molecule has 25 heavy (non-hydrogen) atoms. The van der Waals surface area contributed by atoms with E-state index in [1.54, 1.807) is 12.3 Å². The van der Waals surface area contributed by atoms with Gasteiger partial charge in [0.05, 0.1) is 5.75 Å². The average Bonchev–Trinajstić information content (AvgIpc) is 3.10. The summed E-state index contributed by atoms with van der Waals surface area (Å²) in [6, 6.07) is 13.1. The Hall–Kier alpha value is -2.87. The lowest BCUT2D eigenvalue weighted by Gasteiger charge is -2.12. The molecule has 0 fully saturated rings. The van der Waals surface area contributed by atoms with Crippen LogP contribution in [0.15, 0.2) is 58.3 Å². The molecule has 0 spiro atoms. The molecule has 3 rings (SSSR count). The highest BCUT2D eigenvalue weighted by Crippen LogP contribution is 2.22. The highest BCUT2D eigenvalue weighted by atomic mass is 32.2. The van der Waals surface area contributed by atoms with Crippen LogP contribution in [0.3, 0.4) is 0 Å². The van der Waals surface area contributed by atoms with Gasteiger partial charge in [0, 0.05) is 31.7 Å². The maximum atomic E-state index is 12.0. The van der Waals surface area contributed by atoms with Crippen molar-refractivity contribution in [1.29, 1.82) is 0 Å². The highest BCUT2D eigenvalue weighted by molar-refractivity contribution is 7.99. The first kappa shape index (κ1) is 17.0. The fourth-order valence-electron chi connectivity index (χ4n) is 2.03. The Labute approximate surface area is 149 Å². The number of anilines is 2. The Morgan fingerprint density at radius 2 is 1.96 bits per heavy atom. The second-order valence-electron chi connectivity index (χ2n) is 5.37. The van der Waals surface area contributed by atoms with E-state index in [4.69, 9.17) is 4.42 Å². The third kappa shape index (κ3) is 4.57. The molecular weight excluding hydrogens is 338 g/mol. The van der Waals surface area contributed by atoms with Crippen molar-refractivity contribution in [3.05, 3.63) is 48.7 Å². The third-order valence-corrected chi connectivity index (χ3v) is 4.10. The van der Waals surface area contributed by atoms with Gasteiger partial charge in [-0.2, -0.15) is 0 Å². The van der Waals surface area contributed by atoms with E-state index in [0.717, 1.165) is 11.4 Å². The molecule has 8 heteroatoms. The maximum absolute atomic E-state index is 12.0. The van der Waals surface area contributed by atoms with Crippen molar-refractivity contribution in [2.24, 2.45) is 0 Å². The summed E-state index contributed by atoms with van der Waals surface area (Å²) in [6.45, 7) is 0. The Balaban J connectivity index is 1.53. The number of amides is 1. The zero-order valence-corrected chi connectivity index (χ0v) is 14.7. The van der Waals surface area contributed by atoms with Crippen LogP contribution in [-0.4, -0.2) is 40.9 Å².